The summed E-state index contributed by atoms with van der Waals surface area (Å²) in [5.74, 6) is 0. The van der Waals surface area contributed by atoms with E-state index in [1.807, 2.05) is 0 Å². The largest absolute Gasteiger partial charge is 1.00 e. The molecule has 0 radical (unpaired) electrons. The zero-order valence-corrected chi connectivity index (χ0v) is 8.78. The average Bonchev–Trinajstić information content (AvgIpc) is 1.85. The first-order valence-corrected chi connectivity index (χ1v) is 3.03. The van der Waals surface area contributed by atoms with Crippen molar-refractivity contribution in [2.24, 2.45) is 0 Å². The van der Waals surface area contributed by atoms with E-state index in [1.165, 1.54) is 23.1 Å². The average molecular weight is 132 g/mol. The smallest absolute Gasteiger partial charge is 1.00 e. The van der Waals surface area contributed by atoms with E-state index in [9.17, 15) is 0 Å². The van der Waals surface area contributed by atoms with Crippen molar-refractivity contribution in [2.75, 3.05) is 0 Å². The quantitative estimate of drug-likeness (QED) is 0.400. The van der Waals surface area contributed by atoms with Crippen LogP contribution in [0.5, 0.6) is 0 Å². The van der Waals surface area contributed by atoms with Gasteiger partial charge in [-0.05, 0) is 27.2 Å². The van der Waals surface area contributed by atoms with E-state index in [0.29, 0.717) is 0 Å². The van der Waals surface area contributed by atoms with Gasteiger partial charge in [-0.3, -0.25) is 0 Å². The first-order chi connectivity index (χ1) is 3.70. The van der Waals surface area contributed by atoms with Gasteiger partial charge in [0, 0.05) is 0 Å². The van der Waals surface area contributed by atoms with Gasteiger partial charge in [0.25, 0.3) is 0 Å². The van der Waals surface area contributed by atoms with Crippen LogP contribution in [0, 0.1) is 0 Å². The molecule has 1 rings (SSSR count). The summed E-state index contributed by atoms with van der Waals surface area (Å²) in [6.45, 7) is 6.55. The molecule has 0 saturated carbocycles. The second-order valence-corrected chi connectivity index (χ2v) is 2.63. The van der Waals surface area contributed by atoms with Crippen molar-refractivity contribution in [3.63, 3.8) is 0 Å². The molecule has 1 aliphatic carbocycles. The summed E-state index contributed by atoms with van der Waals surface area (Å²) in [7, 11) is 0. The molecule has 0 aromatic rings. The Kier molecular flexibility index (Phi) is 3.79. The summed E-state index contributed by atoms with van der Waals surface area (Å²) in [6.07, 6.45) is 3.46. The zero-order valence-electron chi connectivity index (χ0n) is 7.78. The Balaban J connectivity index is 0. The van der Waals surface area contributed by atoms with Crippen molar-refractivity contribution in [1.29, 1.82) is 0 Å². The fraction of sp³-hybridized carbons (Fsp3) is 0.500. The molecule has 0 N–H and O–H groups in total. The van der Waals surface area contributed by atoms with Crippen LogP contribution in [0.1, 0.15) is 28.6 Å². The Hall–Kier alpha value is 0.480. The number of allylic oxidation sites excluding steroid dienone is 4. The van der Waals surface area contributed by atoms with Crippen LogP contribution in [0.4, 0.5) is 0 Å². The maximum Gasteiger partial charge on any atom is 1.00 e. The molecular weight excluding hydrogens is 119 g/mol. The van der Waals surface area contributed by atoms with Crippen molar-refractivity contribution < 1.29 is 31.0 Å². The monoisotopic (exact) mass is 132 g/mol. The molecule has 0 heterocycles. The topological polar surface area (TPSA) is 0 Å². The van der Waals surface area contributed by atoms with Crippen LogP contribution in [0.25, 0.3) is 0 Å². The molecule has 0 amide bonds. The summed E-state index contributed by atoms with van der Waals surface area (Å²) < 4.78 is 0. The third-order valence-electron chi connectivity index (χ3n) is 1.68. The minimum absolute atomic E-state index is 0. The second kappa shape index (κ2) is 3.60. The van der Waals surface area contributed by atoms with E-state index in [1.54, 1.807) is 0 Å². The SMILES string of the molecule is CC1=CC(C)=C(C)C1.[H-].[Na+]. The minimum Gasteiger partial charge on any atom is -1.00 e. The molecule has 1 aliphatic rings. The minimum atomic E-state index is 0. The van der Waals surface area contributed by atoms with Gasteiger partial charge in [-0.2, -0.15) is 0 Å². The maximum atomic E-state index is 2.26. The summed E-state index contributed by atoms with van der Waals surface area (Å²) in [5, 5.41) is 0. The standard InChI is InChI=1S/C8H12.Na.H/c1-6-4-7(2)8(3)5-6;;/h4H,5H2,1-3H3;;/q;+1;-1. The Bertz CT molecular complexity index is 168. The Morgan fingerprint density at radius 3 is 2.00 bits per heavy atom. The summed E-state index contributed by atoms with van der Waals surface area (Å²) >= 11 is 0. The third-order valence-corrected chi connectivity index (χ3v) is 1.68. The number of hydrogen-bond donors (Lipinski definition) is 0. The van der Waals surface area contributed by atoms with Gasteiger partial charge < -0.3 is 1.43 Å². The van der Waals surface area contributed by atoms with Gasteiger partial charge in [0.15, 0.2) is 0 Å². The van der Waals surface area contributed by atoms with Gasteiger partial charge in [0.05, 0.1) is 0 Å². The first kappa shape index (κ1) is 9.48. The molecule has 0 aliphatic heterocycles. The normalized spacial score (nSPS) is 17.4. The third kappa shape index (κ3) is 2.29. The van der Waals surface area contributed by atoms with Gasteiger partial charge >= 0.3 is 29.6 Å². The van der Waals surface area contributed by atoms with Crippen molar-refractivity contribution in [1.82, 2.24) is 0 Å². The predicted octanol–water partition coefficient (Wildman–Crippen LogP) is -0.211. The van der Waals surface area contributed by atoms with Crippen LogP contribution < -0.4 is 29.6 Å². The fourth-order valence-electron chi connectivity index (χ4n) is 1.10. The van der Waals surface area contributed by atoms with Crippen molar-refractivity contribution >= 4 is 0 Å². The number of hydrogen-bond acceptors (Lipinski definition) is 0. The summed E-state index contributed by atoms with van der Waals surface area (Å²) in [6, 6.07) is 0. The van der Waals surface area contributed by atoms with E-state index in [-0.39, 0.29) is 31.0 Å². The second-order valence-electron chi connectivity index (χ2n) is 2.63. The van der Waals surface area contributed by atoms with Gasteiger partial charge in [-0.25, -0.2) is 0 Å². The van der Waals surface area contributed by atoms with E-state index < -0.39 is 0 Å². The molecule has 0 aromatic heterocycles. The molecule has 0 atom stereocenters. The molecule has 0 aromatic carbocycles. The van der Waals surface area contributed by atoms with Gasteiger partial charge in [0.2, 0.25) is 0 Å². The number of rotatable bonds is 0. The molecule has 0 nitrogen and oxygen atoms in total. The van der Waals surface area contributed by atoms with Crippen molar-refractivity contribution in [2.45, 2.75) is 27.2 Å². The molecule has 0 bridgehead atoms. The first-order valence-electron chi connectivity index (χ1n) is 3.03. The van der Waals surface area contributed by atoms with E-state index >= 15 is 0 Å². The van der Waals surface area contributed by atoms with E-state index in [2.05, 4.69) is 26.8 Å². The van der Waals surface area contributed by atoms with Crippen LogP contribution in [0.15, 0.2) is 22.8 Å². The predicted molar refractivity (Wildman–Crippen MR) is 37.9 cm³/mol. The van der Waals surface area contributed by atoms with Crippen LogP contribution in [0.3, 0.4) is 0 Å². The molecule has 0 saturated heterocycles. The zero-order chi connectivity index (χ0) is 6.15. The molecule has 9 heavy (non-hydrogen) atoms. The Labute approximate surface area is 80.8 Å². The summed E-state index contributed by atoms with van der Waals surface area (Å²) in [5.41, 5.74) is 4.49. The van der Waals surface area contributed by atoms with Gasteiger partial charge in [-0.15, -0.1) is 0 Å². The summed E-state index contributed by atoms with van der Waals surface area (Å²) in [4.78, 5) is 0. The van der Waals surface area contributed by atoms with Crippen LogP contribution in [-0.2, 0) is 0 Å². The van der Waals surface area contributed by atoms with Crippen LogP contribution in [-0.4, -0.2) is 0 Å². The Morgan fingerprint density at radius 1 is 1.33 bits per heavy atom. The molecule has 46 valence electrons. The van der Waals surface area contributed by atoms with E-state index in [0.717, 1.165) is 0 Å². The maximum absolute atomic E-state index is 2.26. The van der Waals surface area contributed by atoms with Gasteiger partial charge in [0.1, 0.15) is 0 Å². The fourth-order valence-corrected chi connectivity index (χ4v) is 1.10. The van der Waals surface area contributed by atoms with Crippen LogP contribution in [0.2, 0.25) is 0 Å². The molecule has 0 fully saturated rings. The molecule has 1 heteroatoms. The van der Waals surface area contributed by atoms with Crippen LogP contribution >= 0.6 is 0 Å². The Morgan fingerprint density at radius 2 is 1.89 bits per heavy atom. The molecular formula is C8H13Na. The van der Waals surface area contributed by atoms with E-state index in [4.69, 9.17) is 0 Å². The van der Waals surface area contributed by atoms with Gasteiger partial charge in [-0.1, -0.05) is 22.8 Å². The van der Waals surface area contributed by atoms with Crippen molar-refractivity contribution in [3.05, 3.63) is 22.8 Å². The molecule has 0 unspecified atom stereocenters. The molecule has 0 spiro atoms. The van der Waals surface area contributed by atoms with Crippen molar-refractivity contribution in [3.8, 4) is 0 Å².